The zero-order chi connectivity index (χ0) is 49.9. The van der Waals surface area contributed by atoms with Gasteiger partial charge in [-0.1, -0.05) is 256 Å². The Morgan fingerprint density at radius 1 is 0.464 bits per heavy atom. The van der Waals surface area contributed by atoms with E-state index >= 15 is 0 Å². The Labute approximate surface area is 425 Å². The van der Waals surface area contributed by atoms with Gasteiger partial charge in [0.1, 0.15) is 30.5 Å². The molecular formula is C60H112O9. The molecule has 1 saturated heterocycles. The number of esters is 1. The first-order chi connectivity index (χ1) is 33.9. The topological polar surface area (TPSA) is 135 Å². The molecule has 1 fully saturated rings. The molecule has 0 aromatic rings. The number of aliphatic hydroxyl groups is 4. The molecule has 4 N–H and O–H groups in total. The lowest BCUT2D eigenvalue weighted by molar-refractivity contribution is -0.305. The monoisotopic (exact) mass is 977 g/mol. The van der Waals surface area contributed by atoms with Crippen LogP contribution >= 0.6 is 0 Å². The average Bonchev–Trinajstić information content (AvgIpc) is 3.35. The van der Waals surface area contributed by atoms with Crippen LogP contribution in [-0.4, -0.2) is 89.6 Å². The zero-order valence-corrected chi connectivity index (χ0v) is 45.1. The first-order valence-electron chi connectivity index (χ1n) is 29.6. The van der Waals surface area contributed by atoms with E-state index in [1.54, 1.807) is 0 Å². The highest BCUT2D eigenvalue weighted by molar-refractivity contribution is 5.69. The predicted molar refractivity (Wildman–Crippen MR) is 288 cm³/mol. The first kappa shape index (κ1) is 65.4. The molecule has 6 atom stereocenters. The van der Waals surface area contributed by atoms with E-state index in [1.807, 2.05) is 0 Å². The Hall–Kier alpha value is -1.59. The predicted octanol–water partition coefficient (Wildman–Crippen LogP) is 15.4. The lowest BCUT2D eigenvalue weighted by Crippen LogP contribution is -2.59. The van der Waals surface area contributed by atoms with Crippen LogP contribution in [0.2, 0.25) is 0 Å². The molecule has 406 valence electrons. The summed E-state index contributed by atoms with van der Waals surface area (Å²) in [7, 11) is 0. The van der Waals surface area contributed by atoms with Crippen LogP contribution in [0.15, 0.2) is 36.5 Å². The van der Waals surface area contributed by atoms with Gasteiger partial charge in [-0.25, -0.2) is 0 Å². The molecular weight excluding hydrogens is 865 g/mol. The van der Waals surface area contributed by atoms with E-state index in [4.69, 9.17) is 18.9 Å². The van der Waals surface area contributed by atoms with Crippen molar-refractivity contribution >= 4 is 5.97 Å². The molecule has 0 aliphatic carbocycles. The number of hydrogen-bond acceptors (Lipinski definition) is 9. The standard InChI is InChI=1S/C60H112O9/c1-3-5-7-9-11-13-15-17-19-21-23-25-26-27-28-29-31-33-35-37-39-41-43-45-47-49-56(62)68-54(53-67-60-59(65)58(64)57(63)55(51-61)69-60)52-66-50-48-46-44-42-40-38-36-34-32-30-24-22-20-18-16-14-12-10-8-6-4-2/h15,17,21,23,26-27,54-55,57-61,63-65H,3-14,16,18-20,22,24-25,28-53H2,1-2H3/b17-15-,23-21-,27-26-. The maximum absolute atomic E-state index is 12.9. The van der Waals surface area contributed by atoms with Gasteiger partial charge in [0.15, 0.2) is 6.29 Å². The molecule has 1 aliphatic rings. The van der Waals surface area contributed by atoms with Crippen molar-refractivity contribution in [3.63, 3.8) is 0 Å². The van der Waals surface area contributed by atoms with Gasteiger partial charge in [-0.2, -0.15) is 0 Å². The minimum Gasteiger partial charge on any atom is -0.457 e. The molecule has 69 heavy (non-hydrogen) atoms. The molecule has 0 aromatic heterocycles. The highest BCUT2D eigenvalue weighted by Gasteiger charge is 2.44. The minimum atomic E-state index is -1.54. The van der Waals surface area contributed by atoms with Crippen LogP contribution in [0.3, 0.4) is 0 Å². The number of unbranched alkanes of at least 4 members (excludes halogenated alkanes) is 35. The third-order valence-electron chi connectivity index (χ3n) is 13.8. The van der Waals surface area contributed by atoms with Crippen molar-refractivity contribution in [2.45, 2.75) is 314 Å². The summed E-state index contributed by atoms with van der Waals surface area (Å²) in [4.78, 5) is 12.9. The van der Waals surface area contributed by atoms with Crippen molar-refractivity contribution < 1.29 is 44.2 Å². The van der Waals surface area contributed by atoms with Crippen LogP contribution < -0.4 is 0 Å². The van der Waals surface area contributed by atoms with Gasteiger partial charge in [0.2, 0.25) is 0 Å². The highest BCUT2D eigenvalue weighted by Crippen LogP contribution is 2.23. The second kappa shape index (κ2) is 51.3. The summed E-state index contributed by atoms with van der Waals surface area (Å²) >= 11 is 0. The fraction of sp³-hybridized carbons (Fsp3) is 0.883. The molecule has 9 heteroatoms. The number of carbonyl (C=O) groups excluding carboxylic acids is 1. The van der Waals surface area contributed by atoms with E-state index in [0.717, 1.165) is 44.9 Å². The van der Waals surface area contributed by atoms with E-state index in [-0.39, 0.29) is 19.2 Å². The Balaban J connectivity index is 2.14. The quantitative estimate of drug-likeness (QED) is 0.0267. The highest BCUT2D eigenvalue weighted by atomic mass is 16.7. The van der Waals surface area contributed by atoms with Crippen molar-refractivity contribution in [1.29, 1.82) is 0 Å². The largest absolute Gasteiger partial charge is 0.457 e. The normalized spacial score (nSPS) is 19.2. The Bertz CT molecular complexity index is 1160. The Kier molecular flexibility index (Phi) is 48.7. The number of carbonyl (C=O) groups is 1. The summed E-state index contributed by atoms with van der Waals surface area (Å²) in [6, 6.07) is 0. The third kappa shape index (κ3) is 41.6. The fourth-order valence-corrected chi connectivity index (χ4v) is 9.21. The van der Waals surface area contributed by atoms with Crippen molar-refractivity contribution in [3.8, 4) is 0 Å². The maximum atomic E-state index is 12.9. The summed E-state index contributed by atoms with van der Waals surface area (Å²) in [5.41, 5.74) is 0. The van der Waals surface area contributed by atoms with Crippen molar-refractivity contribution in [3.05, 3.63) is 36.5 Å². The third-order valence-corrected chi connectivity index (χ3v) is 13.8. The SMILES string of the molecule is CCCCCCC/C=C\C/C=C\C/C=C\CCCCCCCCCCCCC(=O)OC(COCCCCCCCCCCCCCCCCCCCCCCC)COC1OC(CO)C(O)C(O)C1O. The van der Waals surface area contributed by atoms with Crippen molar-refractivity contribution in [2.24, 2.45) is 0 Å². The molecule has 0 aromatic carbocycles. The molecule has 6 unspecified atom stereocenters. The maximum Gasteiger partial charge on any atom is 0.306 e. The van der Waals surface area contributed by atoms with Gasteiger partial charge in [-0.3, -0.25) is 4.79 Å². The van der Waals surface area contributed by atoms with Crippen LogP contribution in [0.25, 0.3) is 0 Å². The van der Waals surface area contributed by atoms with E-state index in [2.05, 4.69) is 50.3 Å². The molecule has 0 amide bonds. The van der Waals surface area contributed by atoms with Crippen LogP contribution in [0.1, 0.15) is 277 Å². The van der Waals surface area contributed by atoms with Crippen LogP contribution in [-0.2, 0) is 23.7 Å². The number of aliphatic hydroxyl groups excluding tert-OH is 4. The fourth-order valence-electron chi connectivity index (χ4n) is 9.21. The lowest BCUT2D eigenvalue weighted by atomic mass is 9.99. The van der Waals surface area contributed by atoms with Gasteiger partial charge >= 0.3 is 5.97 Å². The summed E-state index contributed by atoms with van der Waals surface area (Å²) < 4.78 is 23.0. The van der Waals surface area contributed by atoms with Gasteiger partial charge in [0.05, 0.1) is 19.8 Å². The summed E-state index contributed by atoms with van der Waals surface area (Å²) in [5.74, 6) is -0.312. The number of hydrogen-bond donors (Lipinski definition) is 4. The molecule has 1 rings (SSSR count). The van der Waals surface area contributed by atoms with Crippen molar-refractivity contribution in [1.82, 2.24) is 0 Å². The summed E-state index contributed by atoms with van der Waals surface area (Å²) in [6.45, 7) is 4.60. The Morgan fingerprint density at radius 2 is 0.841 bits per heavy atom. The van der Waals surface area contributed by atoms with Gasteiger partial charge in [-0.05, 0) is 51.4 Å². The Morgan fingerprint density at radius 3 is 1.26 bits per heavy atom. The molecule has 0 saturated carbocycles. The van der Waals surface area contributed by atoms with Gasteiger partial charge in [-0.15, -0.1) is 0 Å². The van der Waals surface area contributed by atoms with Gasteiger partial charge in [0, 0.05) is 13.0 Å². The lowest BCUT2D eigenvalue weighted by Gasteiger charge is -2.39. The second-order valence-corrected chi connectivity index (χ2v) is 20.5. The number of allylic oxidation sites excluding steroid dienone is 6. The molecule has 0 radical (unpaired) electrons. The van der Waals surface area contributed by atoms with Crippen LogP contribution in [0, 0.1) is 0 Å². The van der Waals surface area contributed by atoms with E-state index < -0.39 is 43.4 Å². The molecule has 0 spiro atoms. The molecule has 1 aliphatic heterocycles. The molecule has 1 heterocycles. The molecule has 9 nitrogen and oxygen atoms in total. The first-order valence-corrected chi connectivity index (χ1v) is 29.6. The molecule has 0 bridgehead atoms. The summed E-state index contributed by atoms with van der Waals surface area (Å²) in [6.07, 6.45) is 57.6. The van der Waals surface area contributed by atoms with E-state index in [1.165, 1.54) is 212 Å². The van der Waals surface area contributed by atoms with Gasteiger partial charge in [0.25, 0.3) is 0 Å². The van der Waals surface area contributed by atoms with Gasteiger partial charge < -0.3 is 39.4 Å². The second-order valence-electron chi connectivity index (χ2n) is 20.5. The number of ether oxygens (including phenoxy) is 4. The van der Waals surface area contributed by atoms with Crippen LogP contribution in [0.5, 0.6) is 0 Å². The summed E-state index contributed by atoms with van der Waals surface area (Å²) in [5, 5.41) is 40.4. The van der Waals surface area contributed by atoms with E-state index in [9.17, 15) is 25.2 Å². The minimum absolute atomic E-state index is 0.111. The van der Waals surface area contributed by atoms with Crippen LogP contribution in [0.4, 0.5) is 0 Å². The average molecular weight is 978 g/mol. The zero-order valence-electron chi connectivity index (χ0n) is 45.1. The number of rotatable bonds is 52. The van der Waals surface area contributed by atoms with Crippen molar-refractivity contribution in [2.75, 3.05) is 26.4 Å². The van der Waals surface area contributed by atoms with E-state index in [0.29, 0.717) is 13.0 Å². The smallest absolute Gasteiger partial charge is 0.306 e.